The van der Waals surface area contributed by atoms with Crippen molar-refractivity contribution in [3.8, 4) is 0 Å². The Hall–Kier alpha value is -1.12. The Morgan fingerprint density at radius 2 is 1.59 bits per heavy atom. The molecule has 17 heavy (non-hydrogen) atoms. The minimum absolute atomic E-state index is 0.0572. The van der Waals surface area contributed by atoms with Crippen molar-refractivity contribution in [2.24, 2.45) is 5.14 Å². The van der Waals surface area contributed by atoms with Crippen LogP contribution in [-0.4, -0.2) is 21.9 Å². The highest BCUT2D eigenvalue weighted by Crippen LogP contribution is 2.23. The van der Waals surface area contributed by atoms with Gasteiger partial charge in [0, 0.05) is 5.69 Å². The Balaban J connectivity index is 3.40. The highest BCUT2D eigenvalue weighted by molar-refractivity contribution is 8.07. The number of nitrogen functional groups attached to an aromatic ring is 1. The van der Waals surface area contributed by atoms with Gasteiger partial charge in [0.05, 0.1) is 4.90 Å². The van der Waals surface area contributed by atoms with E-state index in [-0.39, 0.29) is 4.90 Å². The first-order chi connectivity index (χ1) is 7.53. The Morgan fingerprint density at radius 3 is 2.06 bits per heavy atom. The fourth-order valence-electron chi connectivity index (χ4n) is 1.43. The monoisotopic (exact) mass is 278 g/mol. The lowest BCUT2D eigenvalue weighted by Crippen LogP contribution is -2.24. The quantitative estimate of drug-likeness (QED) is 0.748. The lowest BCUT2D eigenvalue weighted by Gasteiger charge is -2.09. The van der Waals surface area contributed by atoms with Crippen LogP contribution in [0, 0.1) is 13.8 Å². The van der Waals surface area contributed by atoms with Crippen LogP contribution < -0.4 is 10.9 Å². The van der Waals surface area contributed by atoms with Crippen molar-refractivity contribution >= 4 is 25.5 Å². The molecule has 0 unspecified atom stereocenters. The van der Waals surface area contributed by atoms with Crippen molar-refractivity contribution in [2.75, 3.05) is 10.8 Å². The fourth-order valence-corrected chi connectivity index (χ4v) is 4.57. The molecule has 1 aromatic rings. The van der Waals surface area contributed by atoms with Crippen LogP contribution >= 0.6 is 0 Å². The molecule has 1 aromatic carbocycles. The van der Waals surface area contributed by atoms with Gasteiger partial charge in [-0.15, -0.1) is 0 Å². The Labute approximate surface area is 101 Å². The van der Waals surface area contributed by atoms with E-state index in [1.165, 1.54) is 12.1 Å². The van der Waals surface area contributed by atoms with Crippen molar-refractivity contribution in [1.29, 1.82) is 0 Å². The Bertz CT molecular complexity index is 648. The van der Waals surface area contributed by atoms with Crippen LogP contribution in [0.15, 0.2) is 17.0 Å². The van der Waals surface area contributed by atoms with Crippen LogP contribution in [0.2, 0.25) is 0 Å². The second-order valence-corrected chi connectivity index (χ2v) is 7.81. The van der Waals surface area contributed by atoms with E-state index in [0.29, 0.717) is 16.8 Å². The fraction of sp³-hybridized carbons (Fsp3) is 0.333. The predicted molar refractivity (Wildman–Crippen MR) is 65.5 cm³/mol. The number of hydrogen-bond acceptors (Lipinski definition) is 5. The maximum absolute atomic E-state index is 11.8. The molecule has 4 N–H and O–H groups in total. The molecule has 6 nitrogen and oxygen atoms in total. The largest absolute Gasteiger partial charge is 0.399 e. The first-order valence-corrected chi connectivity index (χ1v) is 7.99. The van der Waals surface area contributed by atoms with E-state index in [1.54, 1.807) is 13.8 Å². The van der Waals surface area contributed by atoms with E-state index in [0.717, 1.165) is 0 Å². The number of aryl methyl sites for hydroxylation is 2. The zero-order valence-electron chi connectivity index (χ0n) is 9.47. The van der Waals surface area contributed by atoms with Crippen molar-refractivity contribution in [3.63, 3.8) is 0 Å². The van der Waals surface area contributed by atoms with Gasteiger partial charge in [0.15, 0.2) is 14.9 Å². The van der Waals surface area contributed by atoms with Crippen LogP contribution in [0.3, 0.4) is 0 Å². The summed E-state index contributed by atoms with van der Waals surface area (Å²) in [6, 6.07) is 2.84. The van der Waals surface area contributed by atoms with Gasteiger partial charge in [-0.1, -0.05) is 0 Å². The second-order valence-electron chi connectivity index (χ2n) is 3.87. The summed E-state index contributed by atoms with van der Waals surface area (Å²) in [7, 11) is -8.05. The first kappa shape index (κ1) is 13.9. The molecule has 8 heteroatoms. The molecule has 0 aliphatic carbocycles. The van der Waals surface area contributed by atoms with Gasteiger partial charge in [-0.25, -0.2) is 22.0 Å². The van der Waals surface area contributed by atoms with E-state index in [2.05, 4.69) is 0 Å². The molecule has 1 rings (SSSR count). The third-order valence-corrected chi connectivity index (χ3v) is 5.88. The lowest BCUT2D eigenvalue weighted by atomic mass is 10.1. The van der Waals surface area contributed by atoms with Crippen molar-refractivity contribution in [3.05, 3.63) is 23.3 Å². The number of benzene rings is 1. The number of sulfonamides is 1. The minimum atomic E-state index is -4.09. The van der Waals surface area contributed by atoms with Crippen LogP contribution in [0.1, 0.15) is 11.1 Å². The zero-order chi connectivity index (χ0) is 13.4. The molecule has 0 heterocycles. The topological polar surface area (TPSA) is 120 Å². The van der Waals surface area contributed by atoms with Crippen molar-refractivity contribution < 1.29 is 16.8 Å². The van der Waals surface area contributed by atoms with Gasteiger partial charge in [0.1, 0.15) is 0 Å². The van der Waals surface area contributed by atoms with E-state index < -0.39 is 24.9 Å². The van der Waals surface area contributed by atoms with Gasteiger partial charge >= 0.3 is 0 Å². The summed E-state index contributed by atoms with van der Waals surface area (Å²) in [5.74, 6) is 0. The number of hydrogen-bond donors (Lipinski definition) is 2. The van der Waals surface area contributed by atoms with Gasteiger partial charge in [-0.3, -0.25) is 0 Å². The highest BCUT2D eigenvalue weighted by Gasteiger charge is 2.23. The van der Waals surface area contributed by atoms with Crippen molar-refractivity contribution in [2.45, 2.75) is 18.7 Å². The Kier molecular flexibility index (Phi) is 3.51. The first-order valence-electron chi connectivity index (χ1n) is 4.63. The van der Waals surface area contributed by atoms with E-state index in [4.69, 9.17) is 10.9 Å². The number of anilines is 1. The molecular formula is C9H14N2O4S2. The SMILES string of the molecule is Cc1cc(S(=O)(=O)CS(N)(=O)=O)c(C)cc1N. The van der Waals surface area contributed by atoms with Gasteiger partial charge in [-0.2, -0.15) is 0 Å². The molecule has 0 fully saturated rings. The third kappa shape index (κ3) is 3.42. The van der Waals surface area contributed by atoms with Crippen LogP contribution in [-0.2, 0) is 19.9 Å². The molecule has 0 radical (unpaired) electrons. The summed E-state index contributed by atoms with van der Waals surface area (Å²) in [5, 5.41) is 3.64. The maximum Gasteiger partial charge on any atom is 0.223 e. The van der Waals surface area contributed by atoms with Gasteiger partial charge in [0.2, 0.25) is 10.0 Å². The summed E-state index contributed by atoms with van der Waals surface area (Å²) in [6.45, 7) is 3.19. The highest BCUT2D eigenvalue weighted by atomic mass is 32.3. The molecule has 0 bridgehead atoms. The molecule has 0 aliphatic rings. The van der Waals surface area contributed by atoms with Gasteiger partial charge < -0.3 is 5.73 Å². The summed E-state index contributed by atoms with van der Waals surface area (Å²) in [6.07, 6.45) is 0. The smallest absolute Gasteiger partial charge is 0.223 e. The number of rotatable bonds is 3. The molecular weight excluding hydrogens is 264 g/mol. The molecule has 0 spiro atoms. The summed E-state index contributed by atoms with van der Waals surface area (Å²) in [4.78, 5) is -0.0572. The van der Waals surface area contributed by atoms with Crippen LogP contribution in [0.25, 0.3) is 0 Å². The average Bonchev–Trinajstić information content (AvgIpc) is 2.06. The van der Waals surface area contributed by atoms with Crippen LogP contribution in [0.4, 0.5) is 5.69 Å². The summed E-state index contributed by atoms with van der Waals surface area (Å²) < 4.78 is 45.4. The Morgan fingerprint density at radius 1 is 1.06 bits per heavy atom. The molecule has 0 atom stereocenters. The third-order valence-electron chi connectivity index (χ3n) is 2.22. The van der Waals surface area contributed by atoms with E-state index in [9.17, 15) is 16.8 Å². The number of sulfone groups is 1. The van der Waals surface area contributed by atoms with Gasteiger partial charge in [-0.05, 0) is 37.1 Å². The second kappa shape index (κ2) is 4.28. The average molecular weight is 278 g/mol. The zero-order valence-corrected chi connectivity index (χ0v) is 11.1. The van der Waals surface area contributed by atoms with Gasteiger partial charge in [0.25, 0.3) is 0 Å². The molecule has 0 aliphatic heterocycles. The van der Waals surface area contributed by atoms with Crippen molar-refractivity contribution in [1.82, 2.24) is 0 Å². The normalized spacial score (nSPS) is 12.6. The lowest BCUT2D eigenvalue weighted by molar-refractivity contribution is 0.589. The number of primary sulfonamides is 1. The maximum atomic E-state index is 11.8. The molecule has 0 saturated carbocycles. The molecule has 96 valence electrons. The van der Waals surface area contributed by atoms with E-state index in [1.807, 2.05) is 0 Å². The summed E-state index contributed by atoms with van der Waals surface area (Å²) >= 11 is 0. The van der Waals surface area contributed by atoms with Crippen LogP contribution in [0.5, 0.6) is 0 Å². The number of nitrogens with two attached hydrogens (primary N) is 2. The standard InChI is InChI=1S/C9H14N2O4S2/c1-6-4-9(7(2)3-8(6)10)16(12,13)5-17(11,14)15/h3-4H,5,10H2,1-2H3,(H2,11,14,15). The molecule has 0 aromatic heterocycles. The molecule has 0 amide bonds. The predicted octanol–water partition coefficient (Wildman–Crippen LogP) is -0.0947. The minimum Gasteiger partial charge on any atom is -0.399 e. The summed E-state index contributed by atoms with van der Waals surface area (Å²) in [5.41, 5.74) is 7.05. The molecule has 0 saturated heterocycles. The van der Waals surface area contributed by atoms with E-state index >= 15 is 0 Å².